The van der Waals surface area contributed by atoms with Gasteiger partial charge in [0.15, 0.2) is 0 Å². The lowest BCUT2D eigenvalue weighted by molar-refractivity contribution is 0.134. The van der Waals surface area contributed by atoms with Gasteiger partial charge in [0, 0.05) is 6.04 Å². The normalized spacial score (nSPS) is 17.9. The van der Waals surface area contributed by atoms with Crippen molar-refractivity contribution in [2.24, 2.45) is 11.3 Å². The van der Waals surface area contributed by atoms with E-state index in [4.69, 9.17) is 4.74 Å². The average Bonchev–Trinajstić information content (AvgIpc) is 2.84. The zero-order chi connectivity index (χ0) is 14.8. The molecule has 0 fully saturated rings. The van der Waals surface area contributed by atoms with Crippen LogP contribution >= 0.6 is 0 Å². The van der Waals surface area contributed by atoms with E-state index in [1.165, 1.54) is 23.1 Å². The summed E-state index contributed by atoms with van der Waals surface area (Å²) in [6.07, 6.45) is 1.18. The van der Waals surface area contributed by atoms with Gasteiger partial charge in [0.1, 0.15) is 0 Å². The predicted molar refractivity (Wildman–Crippen MR) is 84.6 cm³/mol. The summed E-state index contributed by atoms with van der Waals surface area (Å²) in [6, 6.07) is 7.30. The molecule has 112 valence electrons. The van der Waals surface area contributed by atoms with Crippen molar-refractivity contribution < 1.29 is 4.74 Å². The summed E-state index contributed by atoms with van der Waals surface area (Å²) in [4.78, 5) is 0. The average molecular weight is 275 g/mol. The van der Waals surface area contributed by atoms with Gasteiger partial charge in [0.2, 0.25) is 0 Å². The van der Waals surface area contributed by atoms with Crippen molar-refractivity contribution in [2.45, 2.75) is 60.3 Å². The molecule has 2 nitrogen and oxygen atoms in total. The van der Waals surface area contributed by atoms with E-state index in [2.05, 4.69) is 58.1 Å². The number of nitrogens with one attached hydrogen (secondary N) is 1. The number of ether oxygens (including phenoxy) is 1. The Labute approximate surface area is 123 Å². The van der Waals surface area contributed by atoms with E-state index in [-0.39, 0.29) is 0 Å². The Morgan fingerprint density at radius 3 is 2.55 bits per heavy atom. The Morgan fingerprint density at radius 1 is 1.20 bits per heavy atom. The van der Waals surface area contributed by atoms with E-state index >= 15 is 0 Å². The van der Waals surface area contributed by atoms with Crippen LogP contribution < -0.4 is 5.32 Å². The smallest absolute Gasteiger partial charge is 0.0725 e. The minimum Gasteiger partial charge on any atom is -0.372 e. The van der Waals surface area contributed by atoms with Gasteiger partial charge < -0.3 is 10.1 Å². The molecule has 2 heteroatoms. The van der Waals surface area contributed by atoms with E-state index in [9.17, 15) is 0 Å². The Morgan fingerprint density at radius 2 is 1.90 bits per heavy atom. The molecule has 1 aliphatic heterocycles. The first kappa shape index (κ1) is 15.5. The molecule has 20 heavy (non-hydrogen) atoms. The highest BCUT2D eigenvalue weighted by atomic mass is 16.5. The molecular weight excluding hydrogens is 246 g/mol. The largest absolute Gasteiger partial charge is 0.372 e. The summed E-state index contributed by atoms with van der Waals surface area (Å²) in [6.45, 7) is 14.1. The molecule has 0 saturated carbocycles. The first-order valence-electron chi connectivity index (χ1n) is 7.84. The lowest BCUT2D eigenvalue weighted by Gasteiger charge is -2.31. The van der Waals surface area contributed by atoms with Gasteiger partial charge in [0.25, 0.3) is 0 Å². The summed E-state index contributed by atoms with van der Waals surface area (Å²) >= 11 is 0. The molecule has 1 aliphatic rings. The second-order valence-electron chi connectivity index (χ2n) is 7.13. The van der Waals surface area contributed by atoms with Gasteiger partial charge in [-0.05, 0) is 41.0 Å². The van der Waals surface area contributed by atoms with E-state index < -0.39 is 0 Å². The zero-order valence-electron chi connectivity index (χ0n) is 13.6. The van der Waals surface area contributed by atoms with Crippen molar-refractivity contribution in [1.29, 1.82) is 0 Å². The van der Waals surface area contributed by atoms with E-state index in [0.717, 1.165) is 19.8 Å². The number of fused-ring (bicyclic) bond motifs is 1. The first-order valence-corrected chi connectivity index (χ1v) is 7.84. The summed E-state index contributed by atoms with van der Waals surface area (Å²) in [5.74, 6) is 0.677. The molecule has 1 N–H and O–H groups in total. The van der Waals surface area contributed by atoms with Gasteiger partial charge in [-0.3, -0.25) is 0 Å². The van der Waals surface area contributed by atoms with Crippen LogP contribution in [-0.2, 0) is 18.0 Å². The molecular formula is C18H29NO. The number of benzene rings is 1. The maximum Gasteiger partial charge on any atom is 0.0725 e. The second-order valence-corrected chi connectivity index (χ2v) is 7.13. The van der Waals surface area contributed by atoms with Crippen molar-refractivity contribution in [3.63, 3.8) is 0 Å². The Balaban J connectivity index is 2.16. The third-order valence-corrected chi connectivity index (χ3v) is 4.67. The minimum absolute atomic E-state index is 0.355. The van der Waals surface area contributed by atoms with Crippen molar-refractivity contribution >= 4 is 0 Å². The van der Waals surface area contributed by atoms with Crippen molar-refractivity contribution in [3.05, 3.63) is 34.9 Å². The zero-order valence-corrected chi connectivity index (χ0v) is 13.6. The molecule has 0 radical (unpaired) electrons. The fraction of sp³-hybridized carbons (Fsp3) is 0.667. The standard InChI is InChI=1S/C18H29NO/c1-6-19-17(9-13(2)18(3,4)5)14-7-8-15-11-20-12-16(15)10-14/h7-8,10,13,17,19H,6,9,11-12H2,1-5H3. The molecule has 1 aromatic rings. The number of rotatable bonds is 5. The summed E-state index contributed by atoms with van der Waals surface area (Å²) in [5.41, 5.74) is 4.49. The van der Waals surface area contributed by atoms with Crippen LogP contribution in [0.5, 0.6) is 0 Å². The summed E-state index contributed by atoms with van der Waals surface area (Å²) in [7, 11) is 0. The lowest BCUT2D eigenvalue weighted by Crippen LogP contribution is -2.27. The van der Waals surface area contributed by atoms with E-state index in [0.29, 0.717) is 17.4 Å². The van der Waals surface area contributed by atoms with Gasteiger partial charge in [-0.15, -0.1) is 0 Å². The minimum atomic E-state index is 0.355. The molecule has 2 atom stereocenters. The molecule has 0 amide bonds. The Hall–Kier alpha value is -0.860. The molecule has 0 aromatic heterocycles. The van der Waals surface area contributed by atoms with Crippen molar-refractivity contribution in [1.82, 2.24) is 5.32 Å². The SMILES string of the molecule is CCNC(CC(C)C(C)(C)C)c1ccc2c(c1)COC2. The van der Waals surface area contributed by atoms with Crippen LogP contribution in [0.2, 0.25) is 0 Å². The quantitative estimate of drug-likeness (QED) is 0.857. The molecule has 2 unspecified atom stereocenters. The third kappa shape index (κ3) is 3.62. The van der Waals surface area contributed by atoms with Gasteiger partial charge in [-0.25, -0.2) is 0 Å². The molecule has 1 aromatic carbocycles. The molecule has 0 saturated heterocycles. The molecule has 1 heterocycles. The van der Waals surface area contributed by atoms with E-state index in [1.54, 1.807) is 0 Å². The monoisotopic (exact) mass is 275 g/mol. The van der Waals surface area contributed by atoms with Crippen LogP contribution in [0, 0.1) is 11.3 Å². The van der Waals surface area contributed by atoms with Crippen LogP contribution in [0.3, 0.4) is 0 Å². The fourth-order valence-corrected chi connectivity index (χ4v) is 2.70. The van der Waals surface area contributed by atoms with Crippen LogP contribution in [-0.4, -0.2) is 6.54 Å². The summed E-state index contributed by atoms with van der Waals surface area (Å²) < 4.78 is 5.52. The molecule has 0 bridgehead atoms. The van der Waals surface area contributed by atoms with Crippen LogP contribution in [0.15, 0.2) is 18.2 Å². The van der Waals surface area contributed by atoms with Crippen LogP contribution in [0.1, 0.15) is 63.8 Å². The molecule has 2 rings (SSSR count). The maximum absolute atomic E-state index is 5.52. The predicted octanol–water partition coefficient (Wildman–Crippen LogP) is 4.44. The Bertz CT molecular complexity index is 447. The molecule has 0 spiro atoms. The van der Waals surface area contributed by atoms with Gasteiger partial charge in [-0.1, -0.05) is 52.8 Å². The van der Waals surface area contributed by atoms with E-state index in [1.807, 2.05) is 0 Å². The fourth-order valence-electron chi connectivity index (χ4n) is 2.70. The number of hydrogen-bond donors (Lipinski definition) is 1. The second kappa shape index (κ2) is 6.28. The highest BCUT2D eigenvalue weighted by Crippen LogP contribution is 2.34. The highest BCUT2D eigenvalue weighted by Gasteiger charge is 2.24. The van der Waals surface area contributed by atoms with Crippen molar-refractivity contribution in [2.75, 3.05) is 6.54 Å². The highest BCUT2D eigenvalue weighted by molar-refractivity contribution is 5.34. The van der Waals surface area contributed by atoms with Crippen LogP contribution in [0.25, 0.3) is 0 Å². The first-order chi connectivity index (χ1) is 9.41. The third-order valence-electron chi connectivity index (χ3n) is 4.67. The molecule has 0 aliphatic carbocycles. The van der Waals surface area contributed by atoms with Gasteiger partial charge in [0.05, 0.1) is 13.2 Å². The number of hydrogen-bond acceptors (Lipinski definition) is 2. The maximum atomic E-state index is 5.52. The van der Waals surface area contributed by atoms with Crippen LogP contribution in [0.4, 0.5) is 0 Å². The lowest BCUT2D eigenvalue weighted by atomic mass is 9.77. The van der Waals surface area contributed by atoms with Crippen molar-refractivity contribution in [3.8, 4) is 0 Å². The van der Waals surface area contributed by atoms with Gasteiger partial charge in [-0.2, -0.15) is 0 Å². The topological polar surface area (TPSA) is 21.3 Å². The summed E-state index contributed by atoms with van der Waals surface area (Å²) in [5, 5.41) is 3.65. The Kier molecular flexibility index (Phi) is 4.87. The van der Waals surface area contributed by atoms with Gasteiger partial charge >= 0.3 is 0 Å².